The van der Waals surface area contributed by atoms with E-state index in [1.165, 1.54) is 16.7 Å². The van der Waals surface area contributed by atoms with Gasteiger partial charge in [-0.2, -0.15) is 4.72 Å². The molecule has 0 bridgehead atoms. The average Bonchev–Trinajstić information content (AvgIpc) is 3.14. The Bertz CT molecular complexity index is 935. The second-order valence-electron chi connectivity index (χ2n) is 5.38. The zero-order valence-electron chi connectivity index (χ0n) is 13.2. The second kappa shape index (κ2) is 7.97. The number of hydrogen-bond acceptors (Lipinski definition) is 3. The summed E-state index contributed by atoms with van der Waals surface area (Å²) in [4.78, 5) is 0.940. The van der Waals surface area contributed by atoms with Gasteiger partial charge in [0.05, 0.1) is 6.04 Å². The van der Waals surface area contributed by atoms with Crippen LogP contribution in [0, 0.1) is 0 Å². The molecule has 0 amide bonds. The summed E-state index contributed by atoms with van der Waals surface area (Å²) in [5.74, 6) is 0. The Morgan fingerprint density at radius 3 is 2.32 bits per heavy atom. The lowest BCUT2D eigenvalue weighted by Gasteiger charge is -2.16. The van der Waals surface area contributed by atoms with Gasteiger partial charge in [-0.25, -0.2) is 8.42 Å². The van der Waals surface area contributed by atoms with Gasteiger partial charge in [0.2, 0.25) is 10.0 Å². The van der Waals surface area contributed by atoms with Crippen molar-refractivity contribution in [3.63, 3.8) is 0 Å². The molecule has 25 heavy (non-hydrogen) atoms. The lowest BCUT2D eigenvalue weighted by atomic mass is 10.1. The number of halogens is 1. The molecule has 0 aliphatic heterocycles. The van der Waals surface area contributed by atoms with Gasteiger partial charge in [0.1, 0.15) is 0 Å². The van der Waals surface area contributed by atoms with E-state index in [9.17, 15) is 8.42 Å². The van der Waals surface area contributed by atoms with Crippen molar-refractivity contribution in [3.8, 4) is 0 Å². The van der Waals surface area contributed by atoms with Crippen LogP contribution in [-0.4, -0.2) is 8.42 Å². The number of rotatable bonds is 6. The normalized spacial score (nSPS) is 13.2. The van der Waals surface area contributed by atoms with Crippen LogP contribution in [0.15, 0.2) is 77.5 Å². The molecule has 3 rings (SSSR count). The van der Waals surface area contributed by atoms with E-state index in [0.29, 0.717) is 5.02 Å². The molecular weight excluding hydrogens is 374 g/mol. The van der Waals surface area contributed by atoms with Gasteiger partial charge in [-0.05, 0) is 40.8 Å². The Hall–Kier alpha value is -1.92. The summed E-state index contributed by atoms with van der Waals surface area (Å²) in [5.41, 5.74) is 1.66. The van der Waals surface area contributed by atoms with Gasteiger partial charge in [-0.3, -0.25) is 0 Å². The Kier molecular flexibility index (Phi) is 5.71. The molecule has 0 unspecified atom stereocenters. The zero-order valence-corrected chi connectivity index (χ0v) is 15.6. The Morgan fingerprint density at radius 1 is 0.960 bits per heavy atom. The molecule has 0 fully saturated rings. The van der Waals surface area contributed by atoms with Crippen molar-refractivity contribution in [2.75, 3.05) is 0 Å². The SMILES string of the molecule is O=S(=O)(/C=C/c1ccc(Cl)cc1)N[C@@H](c1ccccc1)c1cccs1. The van der Waals surface area contributed by atoms with Crippen molar-refractivity contribution in [3.05, 3.63) is 98.5 Å². The Morgan fingerprint density at radius 2 is 1.68 bits per heavy atom. The second-order valence-corrected chi connectivity index (χ2v) is 8.39. The first-order valence-electron chi connectivity index (χ1n) is 7.58. The minimum Gasteiger partial charge on any atom is -0.208 e. The molecule has 3 aromatic rings. The highest BCUT2D eigenvalue weighted by molar-refractivity contribution is 7.92. The molecule has 1 heterocycles. The van der Waals surface area contributed by atoms with Gasteiger partial charge in [0.15, 0.2) is 0 Å². The molecule has 128 valence electrons. The molecule has 0 aliphatic carbocycles. The number of nitrogens with one attached hydrogen (secondary N) is 1. The van der Waals surface area contributed by atoms with Crippen molar-refractivity contribution in [1.29, 1.82) is 0 Å². The highest BCUT2D eigenvalue weighted by atomic mass is 35.5. The van der Waals surface area contributed by atoms with E-state index in [1.54, 1.807) is 30.3 Å². The number of hydrogen-bond donors (Lipinski definition) is 1. The fraction of sp³-hybridized carbons (Fsp3) is 0.0526. The molecule has 0 saturated heterocycles. The van der Waals surface area contributed by atoms with Gasteiger partial charge >= 0.3 is 0 Å². The van der Waals surface area contributed by atoms with Crippen LogP contribution in [0.2, 0.25) is 5.02 Å². The van der Waals surface area contributed by atoms with Gasteiger partial charge in [-0.1, -0.05) is 60.1 Å². The summed E-state index contributed by atoms with van der Waals surface area (Å²) >= 11 is 7.36. The van der Waals surface area contributed by atoms with Crippen LogP contribution in [0.3, 0.4) is 0 Å². The molecule has 2 aromatic carbocycles. The van der Waals surface area contributed by atoms with Gasteiger partial charge < -0.3 is 0 Å². The lowest BCUT2D eigenvalue weighted by molar-refractivity contribution is 0.583. The third kappa shape index (κ3) is 5.03. The molecule has 3 nitrogen and oxygen atoms in total. The summed E-state index contributed by atoms with van der Waals surface area (Å²) < 4.78 is 27.8. The first-order valence-corrected chi connectivity index (χ1v) is 10.4. The molecule has 1 aromatic heterocycles. The Labute approximate surface area is 156 Å². The lowest BCUT2D eigenvalue weighted by Crippen LogP contribution is -2.27. The smallest absolute Gasteiger partial charge is 0.208 e. The van der Waals surface area contributed by atoms with E-state index in [4.69, 9.17) is 11.6 Å². The van der Waals surface area contributed by atoms with Gasteiger partial charge in [0.25, 0.3) is 0 Å². The third-order valence-corrected chi connectivity index (χ3v) is 5.80. The van der Waals surface area contributed by atoms with E-state index >= 15 is 0 Å². The molecule has 1 atom stereocenters. The summed E-state index contributed by atoms with van der Waals surface area (Å²) in [6.45, 7) is 0. The van der Waals surface area contributed by atoms with Crippen molar-refractivity contribution >= 4 is 39.0 Å². The van der Waals surface area contributed by atoms with Crippen molar-refractivity contribution in [1.82, 2.24) is 4.72 Å². The predicted octanol–water partition coefficient (Wildman–Crippen LogP) is 5.08. The largest absolute Gasteiger partial charge is 0.234 e. The monoisotopic (exact) mass is 389 g/mol. The molecule has 0 radical (unpaired) electrons. The van der Waals surface area contributed by atoms with E-state index in [-0.39, 0.29) is 0 Å². The fourth-order valence-corrected chi connectivity index (χ4v) is 4.35. The third-order valence-electron chi connectivity index (χ3n) is 3.55. The first-order chi connectivity index (χ1) is 12.0. The van der Waals surface area contributed by atoms with E-state index in [1.807, 2.05) is 47.8 Å². The van der Waals surface area contributed by atoms with Crippen molar-refractivity contribution in [2.24, 2.45) is 0 Å². The maximum absolute atomic E-state index is 12.5. The standard InChI is InChI=1S/C19H16ClNO2S2/c20-17-10-8-15(9-11-17)12-14-25(22,23)21-19(18-7-4-13-24-18)16-5-2-1-3-6-16/h1-14,19,21H/b14-12+/t19-/m0/s1. The number of sulfonamides is 1. The van der Waals surface area contributed by atoms with Crippen LogP contribution in [0.5, 0.6) is 0 Å². The number of thiophene rings is 1. The van der Waals surface area contributed by atoms with Gasteiger partial charge in [0, 0.05) is 15.3 Å². The predicted molar refractivity (Wildman–Crippen MR) is 105 cm³/mol. The average molecular weight is 390 g/mol. The van der Waals surface area contributed by atoms with Crippen LogP contribution in [0.4, 0.5) is 0 Å². The van der Waals surface area contributed by atoms with Crippen LogP contribution in [0.1, 0.15) is 22.0 Å². The summed E-state index contributed by atoms with van der Waals surface area (Å²) in [7, 11) is -3.62. The molecule has 0 spiro atoms. The molecular formula is C19H16ClNO2S2. The zero-order chi connectivity index (χ0) is 17.7. The van der Waals surface area contributed by atoms with E-state index in [0.717, 1.165) is 16.0 Å². The summed E-state index contributed by atoms with van der Waals surface area (Å²) in [6, 6.07) is 19.9. The minimum absolute atomic E-state index is 0.416. The first kappa shape index (κ1) is 17.9. The molecule has 1 N–H and O–H groups in total. The maximum Gasteiger partial charge on any atom is 0.234 e. The highest BCUT2D eigenvalue weighted by Crippen LogP contribution is 2.27. The van der Waals surface area contributed by atoms with E-state index in [2.05, 4.69) is 4.72 Å². The van der Waals surface area contributed by atoms with Crippen LogP contribution in [-0.2, 0) is 10.0 Å². The van der Waals surface area contributed by atoms with Crippen LogP contribution in [0.25, 0.3) is 6.08 Å². The van der Waals surface area contributed by atoms with E-state index < -0.39 is 16.1 Å². The van der Waals surface area contributed by atoms with Gasteiger partial charge in [-0.15, -0.1) is 11.3 Å². The molecule has 0 aliphatic rings. The quantitative estimate of drug-likeness (QED) is 0.638. The molecule has 0 saturated carbocycles. The summed E-state index contributed by atoms with van der Waals surface area (Å²) in [5, 5.41) is 3.73. The summed E-state index contributed by atoms with van der Waals surface area (Å²) in [6.07, 6.45) is 1.55. The van der Waals surface area contributed by atoms with Crippen molar-refractivity contribution in [2.45, 2.75) is 6.04 Å². The van der Waals surface area contributed by atoms with Crippen LogP contribution >= 0.6 is 22.9 Å². The maximum atomic E-state index is 12.5. The fourth-order valence-electron chi connectivity index (χ4n) is 2.34. The van der Waals surface area contributed by atoms with Crippen molar-refractivity contribution < 1.29 is 8.42 Å². The minimum atomic E-state index is -3.62. The highest BCUT2D eigenvalue weighted by Gasteiger charge is 2.20. The topological polar surface area (TPSA) is 46.2 Å². The van der Waals surface area contributed by atoms with Crippen LogP contribution < -0.4 is 4.72 Å². The Balaban J connectivity index is 1.84. The number of benzene rings is 2. The molecule has 6 heteroatoms.